The van der Waals surface area contributed by atoms with Crippen molar-refractivity contribution < 1.29 is 27.9 Å². The van der Waals surface area contributed by atoms with Crippen LogP contribution in [0.3, 0.4) is 0 Å². The van der Waals surface area contributed by atoms with Crippen molar-refractivity contribution in [1.29, 1.82) is 0 Å². The highest BCUT2D eigenvalue weighted by Crippen LogP contribution is 2.04. The Bertz CT molecular complexity index is 226. The third-order valence-corrected chi connectivity index (χ3v) is 2.36. The van der Waals surface area contributed by atoms with Crippen molar-refractivity contribution >= 4 is 14.6 Å². The van der Waals surface area contributed by atoms with E-state index in [2.05, 4.69) is 0 Å². The van der Waals surface area contributed by atoms with Crippen LogP contribution in [0.2, 0.25) is 0 Å². The number of hydrogen-bond acceptors (Lipinski definition) is 6. The molecule has 0 atom stereocenters. The fourth-order valence-corrected chi connectivity index (χ4v) is 1.54. The minimum atomic E-state index is -0.628. The molecule has 0 unspecified atom stereocenters. The molecule has 1 saturated heterocycles. The molecule has 0 aromatic rings. The molecule has 6 nitrogen and oxygen atoms in total. The summed E-state index contributed by atoms with van der Waals surface area (Å²) in [6, 6.07) is 0. The molecule has 1 heterocycles. The van der Waals surface area contributed by atoms with E-state index in [4.69, 9.17) is 27.9 Å². The topological polar surface area (TPSA) is 55.4 Å². The van der Waals surface area contributed by atoms with E-state index in [0.29, 0.717) is 26.4 Å². The molecule has 0 spiro atoms. The highest BCUT2D eigenvalue weighted by Gasteiger charge is 2.26. The van der Waals surface area contributed by atoms with Crippen LogP contribution in [-0.4, -0.2) is 53.3 Å². The van der Waals surface area contributed by atoms with Gasteiger partial charge in [0.05, 0.1) is 0 Å². The standard InChI is InChI=1S/C12H26B2O6/c1-11(2)19-14(20-12(3)4)18-10-6-9-17-13-15-7-5-8-16-13/h11-12H,5-10H2,1-4H3. The predicted molar refractivity (Wildman–Crippen MR) is 77.0 cm³/mol. The lowest BCUT2D eigenvalue weighted by Crippen LogP contribution is -2.34. The molecule has 1 aliphatic rings. The quantitative estimate of drug-likeness (QED) is 0.450. The molecule has 0 aliphatic carbocycles. The van der Waals surface area contributed by atoms with Gasteiger partial charge in [0, 0.05) is 38.6 Å². The van der Waals surface area contributed by atoms with Crippen LogP contribution in [0.4, 0.5) is 0 Å². The average Bonchev–Trinajstić information content (AvgIpc) is 2.38. The van der Waals surface area contributed by atoms with E-state index in [9.17, 15) is 0 Å². The van der Waals surface area contributed by atoms with E-state index in [1.165, 1.54) is 0 Å². The molecular formula is C12H26B2O6. The summed E-state index contributed by atoms with van der Waals surface area (Å²) >= 11 is 0. The van der Waals surface area contributed by atoms with Gasteiger partial charge in [0.15, 0.2) is 0 Å². The summed E-state index contributed by atoms with van der Waals surface area (Å²) in [6.45, 7) is 10.2. The summed E-state index contributed by atoms with van der Waals surface area (Å²) < 4.78 is 32.6. The van der Waals surface area contributed by atoms with E-state index >= 15 is 0 Å². The maximum atomic E-state index is 5.55. The van der Waals surface area contributed by atoms with Crippen LogP contribution in [0.25, 0.3) is 0 Å². The van der Waals surface area contributed by atoms with Gasteiger partial charge in [-0.25, -0.2) is 0 Å². The summed E-state index contributed by atoms with van der Waals surface area (Å²) in [5, 5.41) is 0. The molecular weight excluding hydrogens is 262 g/mol. The first-order valence-corrected chi connectivity index (χ1v) is 7.35. The Morgan fingerprint density at radius 3 is 2.15 bits per heavy atom. The Morgan fingerprint density at radius 2 is 1.60 bits per heavy atom. The zero-order valence-corrected chi connectivity index (χ0v) is 13.0. The lowest BCUT2D eigenvalue weighted by Gasteiger charge is -2.20. The van der Waals surface area contributed by atoms with Crippen LogP contribution >= 0.6 is 0 Å². The highest BCUT2D eigenvalue weighted by molar-refractivity contribution is 6.36. The van der Waals surface area contributed by atoms with Crippen molar-refractivity contribution in [2.24, 2.45) is 0 Å². The largest absolute Gasteiger partial charge is 0.639 e. The molecule has 8 heteroatoms. The van der Waals surface area contributed by atoms with Crippen molar-refractivity contribution in [3.63, 3.8) is 0 Å². The van der Waals surface area contributed by atoms with Crippen molar-refractivity contribution in [1.82, 2.24) is 0 Å². The molecule has 0 amide bonds. The molecule has 0 saturated carbocycles. The van der Waals surface area contributed by atoms with Crippen LogP contribution in [0.1, 0.15) is 40.5 Å². The van der Waals surface area contributed by atoms with E-state index < -0.39 is 14.6 Å². The Morgan fingerprint density at radius 1 is 1.00 bits per heavy atom. The monoisotopic (exact) mass is 288 g/mol. The minimum Gasteiger partial charge on any atom is -0.386 e. The van der Waals surface area contributed by atoms with Gasteiger partial charge < -0.3 is 27.9 Å². The van der Waals surface area contributed by atoms with Crippen LogP contribution in [0.15, 0.2) is 0 Å². The SMILES string of the molecule is CC(C)OB(OCCCOB1OCCCO1)OC(C)C. The van der Waals surface area contributed by atoms with E-state index in [1.807, 2.05) is 27.7 Å². The van der Waals surface area contributed by atoms with E-state index in [0.717, 1.165) is 12.8 Å². The molecule has 0 aromatic carbocycles. The van der Waals surface area contributed by atoms with Crippen molar-refractivity contribution in [3.8, 4) is 0 Å². The normalized spacial score (nSPS) is 16.2. The molecule has 0 N–H and O–H groups in total. The van der Waals surface area contributed by atoms with Crippen LogP contribution < -0.4 is 0 Å². The molecule has 0 bridgehead atoms. The van der Waals surface area contributed by atoms with Gasteiger partial charge in [-0.1, -0.05) is 0 Å². The maximum absolute atomic E-state index is 5.55. The summed E-state index contributed by atoms with van der Waals surface area (Å²) in [5.74, 6) is 0. The van der Waals surface area contributed by atoms with Crippen LogP contribution in [0.5, 0.6) is 0 Å². The van der Waals surface area contributed by atoms with Crippen molar-refractivity contribution in [2.75, 3.05) is 26.4 Å². The van der Waals surface area contributed by atoms with Gasteiger partial charge in [-0.05, 0) is 40.5 Å². The Kier molecular flexibility index (Phi) is 9.50. The first-order valence-electron chi connectivity index (χ1n) is 7.35. The molecule has 116 valence electrons. The van der Waals surface area contributed by atoms with Crippen molar-refractivity contribution in [3.05, 3.63) is 0 Å². The number of rotatable bonds is 10. The Hall–Kier alpha value is -0.110. The summed E-state index contributed by atoms with van der Waals surface area (Å²) in [4.78, 5) is 0. The van der Waals surface area contributed by atoms with Gasteiger partial charge in [-0.2, -0.15) is 0 Å². The second-order valence-electron chi connectivity index (χ2n) is 5.14. The number of hydrogen-bond donors (Lipinski definition) is 0. The summed E-state index contributed by atoms with van der Waals surface area (Å²) in [5.41, 5.74) is 0. The minimum absolute atomic E-state index is 0.0547. The second kappa shape index (κ2) is 10.6. The fraction of sp³-hybridized carbons (Fsp3) is 1.00. The van der Waals surface area contributed by atoms with Crippen LogP contribution in [-0.2, 0) is 27.9 Å². The van der Waals surface area contributed by atoms with Gasteiger partial charge in [-0.15, -0.1) is 0 Å². The molecule has 0 aromatic heterocycles. The van der Waals surface area contributed by atoms with E-state index in [1.54, 1.807) is 0 Å². The van der Waals surface area contributed by atoms with Crippen LogP contribution in [0, 0.1) is 0 Å². The lowest BCUT2D eigenvalue weighted by atomic mass is 10.2. The average molecular weight is 288 g/mol. The summed E-state index contributed by atoms with van der Waals surface area (Å²) in [6.07, 6.45) is 1.75. The Labute approximate surface area is 122 Å². The van der Waals surface area contributed by atoms with Gasteiger partial charge in [0.1, 0.15) is 0 Å². The zero-order valence-electron chi connectivity index (χ0n) is 13.0. The first kappa shape index (κ1) is 17.9. The van der Waals surface area contributed by atoms with E-state index in [-0.39, 0.29) is 12.2 Å². The van der Waals surface area contributed by atoms with Gasteiger partial charge in [-0.3, -0.25) is 0 Å². The second-order valence-corrected chi connectivity index (χ2v) is 5.14. The fourth-order valence-electron chi connectivity index (χ4n) is 1.54. The Balaban J connectivity index is 2.06. The highest BCUT2D eigenvalue weighted by atomic mass is 16.7. The van der Waals surface area contributed by atoms with Gasteiger partial charge >= 0.3 is 14.6 Å². The smallest absolute Gasteiger partial charge is 0.386 e. The molecule has 1 aliphatic heterocycles. The van der Waals surface area contributed by atoms with Gasteiger partial charge in [0.25, 0.3) is 0 Å². The molecule has 1 rings (SSSR count). The maximum Gasteiger partial charge on any atom is 0.639 e. The van der Waals surface area contributed by atoms with Gasteiger partial charge in [0.2, 0.25) is 0 Å². The first-order chi connectivity index (χ1) is 9.58. The zero-order chi connectivity index (χ0) is 14.8. The molecule has 1 fully saturated rings. The third-order valence-electron chi connectivity index (χ3n) is 2.36. The molecule has 0 radical (unpaired) electrons. The van der Waals surface area contributed by atoms with Crippen molar-refractivity contribution in [2.45, 2.75) is 52.7 Å². The molecule has 20 heavy (non-hydrogen) atoms. The summed E-state index contributed by atoms with van der Waals surface area (Å²) in [7, 11) is -1.16. The predicted octanol–water partition coefficient (Wildman–Crippen LogP) is 1.67. The third kappa shape index (κ3) is 8.94. The lowest BCUT2D eigenvalue weighted by molar-refractivity contribution is 0.0365.